The first-order chi connectivity index (χ1) is 15.6. The molecule has 170 valence electrons. The smallest absolute Gasteiger partial charge is 0.227 e. The van der Waals surface area contributed by atoms with Crippen LogP contribution in [0.25, 0.3) is 0 Å². The van der Waals surface area contributed by atoms with Crippen LogP contribution in [0.5, 0.6) is 11.5 Å². The van der Waals surface area contributed by atoms with E-state index in [1.165, 1.54) is 5.69 Å². The molecule has 2 aromatic carbocycles. The van der Waals surface area contributed by atoms with E-state index in [0.29, 0.717) is 36.8 Å². The van der Waals surface area contributed by atoms with Gasteiger partial charge in [-0.05, 0) is 42.3 Å². The second-order valence-corrected chi connectivity index (χ2v) is 8.49. The Balaban J connectivity index is 1.30. The molecular weight excluding hydrogens is 426 g/mol. The van der Waals surface area contributed by atoms with Crippen LogP contribution in [0.4, 0.5) is 11.4 Å². The maximum atomic E-state index is 12.3. The van der Waals surface area contributed by atoms with Crippen molar-refractivity contribution in [3.63, 3.8) is 0 Å². The van der Waals surface area contributed by atoms with Gasteiger partial charge in [0.05, 0.1) is 17.8 Å². The number of rotatable bonds is 8. The van der Waals surface area contributed by atoms with Gasteiger partial charge in [0.2, 0.25) is 5.91 Å². The third-order valence-corrected chi connectivity index (χ3v) is 6.42. The molecule has 1 amide bonds. The molecule has 0 spiro atoms. The van der Waals surface area contributed by atoms with Crippen molar-refractivity contribution in [3.05, 3.63) is 59.6 Å². The molecule has 0 aromatic heterocycles. The Morgan fingerprint density at radius 2 is 1.84 bits per heavy atom. The van der Waals surface area contributed by atoms with E-state index < -0.39 is 0 Å². The van der Waals surface area contributed by atoms with E-state index in [1.54, 1.807) is 18.1 Å². The van der Waals surface area contributed by atoms with Gasteiger partial charge in [-0.2, -0.15) is 0 Å². The minimum atomic E-state index is 0.111. The fourth-order valence-corrected chi connectivity index (χ4v) is 4.53. The van der Waals surface area contributed by atoms with Crippen molar-refractivity contribution in [3.8, 4) is 11.5 Å². The molecule has 0 aliphatic carbocycles. The van der Waals surface area contributed by atoms with Crippen LogP contribution in [0.2, 0.25) is 5.02 Å². The molecule has 0 bridgehead atoms. The molecule has 32 heavy (non-hydrogen) atoms. The molecule has 2 aromatic rings. The first kappa shape index (κ1) is 22.5. The fraction of sp³-hybridized carbons (Fsp3) is 0.400. The number of benzene rings is 2. The number of amides is 1. The highest BCUT2D eigenvalue weighted by atomic mass is 35.5. The summed E-state index contributed by atoms with van der Waals surface area (Å²) in [6.07, 6.45) is 2.95. The maximum Gasteiger partial charge on any atom is 0.227 e. The Hall–Kier alpha value is -2.70. The van der Waals surface area contributed by atoms with Crippen LogP contribution in [0.3, 0.4) is 0 Å². The van der Waals surface area contributed by atoms with Crippen molar-refractivity contribution in [1.82, 2.24) is 4.90 Å². The van der Waals surface area contributed by atoms with Crippen LogP contribution in [0.15, 0.2) is 49.1 Å². The molecule has 0 unspecified atom stereocenters. The van der Waals surface area contributed by atoms with Gasteiger partial charge in [0.25, 0.3) is 0 Å². The number of hydrogen-bond acceptors (Lipinski definition) is 5. The average molecular weight is 456 g/mol. The number of carbonyl (C=O) groups is 1. The van der Waals surface area contributed by atoms with Crippen molar-refractivity contribution in [2.75, 3.05) is 62.8 Å². The SMILES string of the molecule is C=CCN1C(=O)CCc2cc(Cl)c(OCCN3CCN(c4ccc(OC)cc4)CC3)cc21. The highest BCUT2D eigenvalue weighted by molar-refractivity contribution is 6.32. The van der Waals surface area contributed by atoms with Crippen LogP contribution in [-0.4, -0.2) is 63.8 Å². The lowest BCUT2D eigenvalue weighted by atomic mass is 10.0. The molecule has 2 aliphatic rings. The summed E-state index contributed by atoms with van der Waals surface area (Å²) in [5, 5.41) is 0.598. The molecule has 0 saturated carbocycles. The van der Waals surface area contributed by atoms with Gasteiger partial charge in [0.1, 0.15) is 18.1 Å². The van der Waals surface area contributed by atoms with Crippen molar-refractivity contribution >= 4 is 28.9 Å². The topological polar surface area (TPSA) is 45.2 Å². The minimum Gasteiger partial charge on any atom is -0.497 e. The summed E-state index contributed by atoms with van der Waals surface area (Å²) < 4.78 is 11.3. The number of ether oxygens (including phenoxy) is 2. The van der Waals surface area contributed by atoms with Crippen LogP contribution >= 0.6 is 11.6 Å². The third-order valence-electron chi connectivity index (χ3n) is 6.12. The minimum absolute atomic E-state index is 0.111. The number of halogens is 1. The number of aryl methyl sites for hydroxylation is 1. The van der Waals surface area contributed by atoms with E-state index in [1.807, 2.05) is 24.3 Å². The Bertz CT molecular complexity index is 956. The van der Waals surface area contributed by atoms with E-state index in [-0.39, 0.29) is 5.91 Å². The highest BCUT2D eigenvalue weighted by Gasteiger charge is 2.25. The number of nitrogens with zero attached hydrogens (tertiary/aromatic N) is 3. The van der Waals surface area contributed by atoms with Crippen molar-refractivity contribution in [1.29, 1.82) is 0 Å². The van der Waals surface area contributed by atoms with Gasteiger partial charge >= 0.3 is 0 Å². The normalized spacial score (nSPS) is 16.6. The zero-order valence-corrected chi connectivity index (χ0v) is 19.3. The Labute approximate surface area is 195 Å². The predicted molar refractivity (Wildman–Crippen MR) is 129 cm³/mol. The molecule has 2 aliphatic heterocycles. The Kier molecular flexibility index (Phi) is 7.22. The summed E-state index contributed by atoms with van der Waals surface area (Å²) in [4.78, 5) is 18.9. The monoisotopic (exact) mass is 455 g/mol. The van der Waals surface area contributed by atoms with Gasteiger partial charge in [-0.3, -0.25) is 9.69 Å². The Morgan fingerprint density at radius 1 is 1.09 bits per heavy atom. The molecule has 2 heterocycles. The summed E-state index contributed by atoms with van der Waals surface area (Å²) in [6.45, 7) is 9.56. The number of fused-ring (bicyclic) bond motifs is 1. The molecule has 0 radical (unpaired) electrons. The number of methoxy groups -OCH3 is 1. The van der Waals surface area contributed by atoms with Crippen molar-refractivity contribution in [2.45, 2.75) is 12.8 Å². The summed E-state index contributed by atoms with van der Waals surface area (Å²) >= 11 is 6.47. The molecular formula is C25H30ClN3O3. The van der Waals surface area contributed by atoms with Crippen molar-refractivity contribution < 1.29 is 14.3 Å². The number of carbonyl (C=O) groups excluding carboxylic acids is 1. The van der Waals surface area contributed by atoms with E-state index >= 15 is 0 Å². The van der Waals surface area contributed by atoms with Crippen molar-refractivity contribution in [2.24, 2.45) is 0 Å². The lowest BCUT2D eigenvalue weighted by Gasteiger charge is -2.36. The molecule has 0 atom stereocenters. The standard InChI is InChI=1S/C25H30ClN3O3/c1-3-10-29-23-18-24(22(26)17-19(23)4-9-25(29)30)32-16-15-27-11-13-28(14-12-27)20-5-7-21(31-2)8-6-20/h3,5-8,17-18H,1,4,9-16H2,2H3. The van der Waals surface area contributed by atoms with E-state index in [2.05, 4.69) is 28.5 Å². The molecule has 6 nitrogen and oxygen atoms in total. The second kappa shape index (κ2) is 10.3. The third kappa shape index (κ3) is 5.03. The van der Waals surface area contributed by atoms with E-state index in [9.17, 15) is 4.79 Å². The second-order valence-electron chi connectivity index (χ2n) is 8.08. The zero-order valence-electron chi connectivity index (χ0n) is 18.6. The summed E-state index contributed by atoms with van der Waals surface area (Å²) in [5.74, 6) is 1.62. The number of anilines is 2. The summed E-state index contributed by atoms with van der Waals surface area (Å²) in [6, 6.07) is 12.1. The molecule has 1 saturated heterocycles. The first-order valence-corrected chi connectivity index (χ1v) is 11.4. The van der Waals surface area contributed by atoms with Crippen LogP contribution in [-0.2, 0) is 11.2 Å². The Morgan fingerprint density at radius 3 is 2.53 bits per heavy atom. The fourth-order valence-electron chi connectivity index (χ4n) is 4.29. The average Bonchev–Trinajstić information content (AvgIpc) is 2.82. The predicted octanol–water partition coefficient (Wildman–Crippen LogP) is 4.01. The largest absolute Gasteiger partial charge is 0.497 e. The van der Waals surface area contributed by atoms with Gasteiger partial charge in [0.15, 0.2) is 0 Å². The van der Waals surface area contributed by atoms with Crippen LogP contribution in [0, 0.1) is 0 Å². The zero-order chi connectivity index (χ0) is 22.5. The van der Waals surface area contributed by atoms with Gasteiger partial charge < -0.3 is 19.3 Å². The molecule has 4 rings (SSSR count). The summed E-state index contributed by atoms with van der Waals surface area (Å²) in [5.41, 5.74) is 3.19. The lowest BCUT2D eigenvalue weighted by molar-refractivity contribution is -0.118. The van der Waals surface area contributed by atoms with Gasteiger partial charge in [-0.15, -0.1) is 6.58 Å². The molecule has 1 fully saturated rings. The lowest BCUT2D eigenvalue weighted by Crippen LogP contribution is -2.47. The van der Waals surface area contributed by atoms with E-state index in [0.717, 1.165) is 49.7 Å². The van der Waals surface area contributed by atoms with Crippen LogP contribution in [0.1, 0.15) is 12.0 Å². The highest BCUT2D eigenvalue weighted by Crippen LogP contribution is 2.36. The molecule has 0 N–H and O–H groups in total. The summed E-state index contributed by atoms with van der Waals surface area (Å²) in [7, 11) is 1.68. The van der Waals surface area contributed by atoms with E-state index in [4.69, 9.17) is 21.1 Å². The van der Waals surface area contributed by atoms with Gasteiger partial charge in [-0.25, -0.2) is 0 Å². The maximum absolute atomic E-state index is 12.3. The number of hydrogen-bond donors (Lipinski definition) is 0. The van der Waals surface area contributed by atoms with Gasteiger partial charge in [-0.1, -0.05) is 17.7 Å². The quantitative estimate of drug-likeness (QED) is 0.563. The van der Waals surface area contributed by atoms with Gasteiger partial charge in [0, 0.05) is 57.4 Å². The van der Waals surface area contributed by atoms with Crippen LogP contribution < -0.4 is 19.3 Å². The first-order valence-electron chi connectivity index (χ1n) is 11.1. The number of piperazine rings is 1. The molecule has 7 heteroatoms.